The second-order valence-electron chi connectivity index (χ2n) is 8.46. The lowest BCUT2D eigenvalue weighted by atomic mass is 10.0. The summed E-state index contributed by atoms with van der Waals surface area (Å²) in [7, 11) is -0.826. The predicted octanol–water partition coefficient (Wildman–Crippen LogP) is 6.01. The van der Waals surface area contributed by atoms with Gasteiger partial charge in [-0.3, -0.25) is 0 Å². The van der Waals surface area contributed by atoms with Crippen LogP contribution in [0.4, 0.5) is 0 Å². The van der Waals surface area contributed by atoms with Crippen LogP contribution in [0.1, 0.15) is 91.9 Å². The van der Waals surface area contributed by atoms with Crippen LogP contribution < -0.4 is 0 Å². The molecule has 0 unspecified atom stereocenters. The minimum absolute atomic E-state index is 0.172. The molecule has 0 spiro atoms. The van der Waals surface area contributed by atoms with Gasteiger partial charge in [0.05, 0.1) is 0 Å². The average molecular weight is 311 g/mol. The molecule has 2 heteroatoms. The topological polar surface area (TPSA) is 0 Å². The predicted molar refractivity (Wildman–Crippen MR) is 98.2 cm³/mol. The maximum Gasteiger partial charge on any atom is 0.0485 e. The van der Waals surface area contributed by atoms with E-state index in [1.165, 1.54) is 23.9 Å². The summed E-state index contributed by atoms with van der Waals surface area (Å²) < 4.78 is 0. The normalized spacial score (nSPS) is 24.3. The summed E-state index contributed by atoms with van der Waals surface area (Å²) in [4.78, 5) is 0. The SMILES string of the molecule is CC(C)[Si]([SiH2]C1CCCCC1)(C(C)C)C1CCCCC1. The Labute approximate surface area is 131 Å². The second-order valence-corrected chi connectivity index (χ2v) is 20.3. The van der Waals surface area contributed by atoms with Crippen molar-refractivity contribution in [2.45, 2.75) is 114 Å². The molecule has 0 amide bonds. The number of hydrogen-bond acceptors (Lipinski definition) is 0. The molecule has 0 aromatic heterocycles. The Morgan fingerprint density at radius 1 is 0.700 bits per heavy atom. The fourth-order valence-corrected chi connectivity index (χ4v) is 23.0. The van der Waals surface area contributed by atoms with Gasteiger partial charge in [0, 0.05) is 16.6 Å². The quantitative estimate of drug-likeness (QED) is 0.546. The van der Waals surface area contributed by atoms with Crippen molar-refractivity contribution in [3.8, 4) is 0 Å². The minimum Gasteiger partial charge on any atom is -0.0654 e. The molecule has 0 atom stereocenters. The highest BCUT2D eigenvalue weighted by molar-refractivity contribution is 7.27. The first-order chi connectivity index (χ1) is 9.57. The van der Waals surface area contributed by atoms with Crippen molar-refractivity contribution >= 4 is 16.6 Å². The Hall–Kier alpha value is 0.434. The van der Waals surface area contributed by atoms with Crippen molar-refractivity contribution in [1.82, 2.24) is 0 Å². The lowest BCUT2D eigenvalue weighted by Gasteiger charge is -2.49. The van der Waals surface area contributed by atoms with E-state index in [1.807, 2.05) is 0 Å². The molecule has 2 aliphatic rings. The van der Waals surface area contributed by atoms with Gasteiger partial charge in [-0.05, 0) is 5.54 Å². The molecule has 0 saturated heterocycles. The maximum absolute atomic E-state index is 2.62. The van der Waals surface area contributed by atoms with Crippen LogP contribution in [0, 0.1) is 0 Å². The largest absolute Gasteiger partial charge is 0.0654 e. The summed E-state index contributed by atoms with van der Waals surface area (Å²) in [5.41, 5.74) is 4.56. The van der Waals surface area contributed by atoms with Crippen LogP contribution in [0.3, 0.4) is 0 Å². The van der Waals surface area contributed by atoms with E-state index in [-0.39, 0.29) is 9.04 Å². The molecule has 2 rings (SSSR count). The molecule has 2 fully saturated rings. The zero-order chi connectivity index (χ0) is 14.6. The van der Waals surface area contributed by atoms with Gasteiger partial charge in [-0.15, -0.1) is 0 Å². The van der Waals surface area contributed by atoms with Gasteiger partial charge in [-0.1, -0.05) is 109 Å². The van der Waals surface area contributed by atoms with Gasteiger partial charge in [-0.2, -0.15) is 0 Å². The third-order valence-electron chi connectivity index (χ3n) is 6.88. The minimum atomic E-state index is -0.998. The summed E-state index contributed by atoms with van der Waals surface area (Å²) in [5.74, 6) is 0. The van der Waals surface area contributed by atoms with Crippen LogP contribution in [0.15, 0.2) is 0 Å². The average Bonchev–Trinajstić information content (AvgIpc) is 2.46. The van der Waals surface area contributed by atoms with E-state index in [4.69, 9.17) is 0 Å². The van der Waals surface area contributed by atoms with E-state index in [0.29, 0.717) is 0 Å². The van der Waals surface area contributed by atoms with Crippen molar-refractivity contribution < 1.29 is 0 Å². The van der Waals surface area contributed by atoms with Crippen molar-refractivity contribution in [3.05, 3.63) is 0 Å². The molecular weight excluding hydrogens is 272 g/mol. The molecule has 0 aromatic carbocycles. The molecule has 0 heterocycles. The molecule has 0 radical (unpaired) electrons. The standard InChI is InChI=1S/C18H38Si2/c1-15(2)20(16(3)4,18-13-9-6-10-14-18)19-17-11-7-5-8-12-17/h15-18H,5-14,19H2,1-4H3. The van der Waals surface area contributed by atoms with E-state index in [0.717, 1.165) is 11.1 Å². The molecule has 0 bridgehead atoms. The first-order valence-electron chi connectivity index (χ1n) is 9.57. The molecule has 118 valence electrons. The fourth-order valence-electron chi connectivity index (χ4n) is 5.78. The lowest BCUT2D eigenvalue weighted by molar-refractivity contribution is 0.482. The first kappa shape index (κ1) is 16.8. The van der Waals surface area contributed by atoms with Crippen molar-refractivity contribution in [3.63, 3.8) is 0 Å². The Morgan fingerprint density at radius 2 is 1.15 bits per heavy atom. The van der Waals surface area contributed by atoms with Gasteiger partial charge in [0.2, 0.25) is 0 Å². The highest BCUT2D eigenvalue weighted by Crippen LogP contribution is 2.50. The lowest BCUT2D eigenvalue weighted by Crippen LogP contribution is -2.54. The van der Waals surface area contributed by atoms with Gasteiger partial charge in [-0.25, -0.2) is 0 Å². The Balaban J connectivity index is 2.16. The van der Waals surface area contributed by atoms with Crippen LogP contribution in [0.25, 0.3) is 0 Å². The van der Waals surface area contributed by atoms with Gasteiger partial charge in [0.15, 0.2) is 0 Å². The molecular formula is C18H38Si2. The summed E-state index contributed by atoms with van der Waals surface area (Å²) in [6, 6.07) is 0. The summed E-state index contributed by atoms with van der Waals surface area (Å²) in [6.07, 6.45) is 15.8. The van der Waals surface area contributed by atoms with Crippen LogP contribution >= 0.6 is 0 Å². The Morgan fingerprint density at radius 3 is 1.60 bits per heavy atom. The zero-order valence-electron chi connectivity index (χ0n) is 14.6. The third-order valence-corrected chi connectivity index (χ3v) is 25.9. The van der Waals surface area contributed by atoms with E-state index in [1.54, 1.807) is 51.4 Å². The van der Waals surface area contributed by atoms with E-state index in [9.17, 15) is 0 Å². The van der Waals surface area contributed by atoms with Gasteiger partial charge >= 0.3 is 0 Å². The van der Waals surface area contributed by atoms with Crippen molar-refractivity contribution in [2.24, 2.45) is 0 Å². The fraction of sp³-hybridized carbons (Fsp3) is 1.00. The van der Waals surface area contributed by atoms with E-state index in [2.05, 4.69) is 27.7 Å². The van der Waals surface area contributed by atoms with Crippen LogP contribution in [0.2, 0.25) is 22.2 Å². The Bertz CT molecular complexity index is 265. The number of rotatable bonds is 5. The van der Waals surface area contributed by atoms with E-state index >= 15 is 0 Å². The van der Waals surface area contributed by atoms with Crippen LogP contribution in [-0.4, -0.2) is 16.6 Å². The van der Waals surface area contributed by atoms with Gasteiger partial charge < -0.3 is 0 Å². The zero-order valence-corrected chi connectivity index (χ0v) is 17.0. The molecule has 0 aromatic rings. The highest BCUT2D eigenvalue weighted by atomic mass is 29.2. The smallest absolute Gasteiger partial charge is 0.0485 e. The first-order valence-corrected chi connectivity index (χ1v) is 14.9. The van der Waals surface area contributed by atoms with Gasteiger partial charge in [0.25, 0.3) is 0 Å². The Kier molecular flexibility index (Phi) is 6.40. The van der Waals surface area contributed by atoms with Crippen molar-refractivity contribution in [2.75, 3.05) is 0 Å². The number of hydrogen-bond donors (Lipinski definition) is 0. The summed E-state index contributed by atoms with van der Waals surface area (Å²) >= 11 is 0. The highest BCUT2D eigenvalue weighted by Gasteiger charge is 2.47. The summed E-state index contributed by atoms with van der Waals surface area (Å²) in [5, 5.41) is 0. The van der Waals surface area contributed by atoms with Crippen LogP contribution in [-0.2, 0) is 0 Å². The second kappa shape index (κ2) is 7.62. The summed E-state index contributed by atoms with van der Waals surface area (Å²) in [6.45, 7) is 10.5. The maximum atomic E-state index is 2.62. The molecule has 2 saturated carbocycles. The molecule has 0 nitrogen and oxygen atoms in total. The van der Waals surface area contributed by atoms with Crippen molar-refractivity contribution in [1.29, 1.82) is 0 Å². The molecule has 20 heavy (non-hydrogen) atoms. The third kappa shape index (κ3) is 3.60. The van der Waals surface area contributed by atoms with Crippen LogP contribution in [0.5, 0.6) is 0 Å². The van der Waals surface area contributed by atoms with Gasteiger partial charge in [0.1, 0.15) is 0 Å². The molecule has 2 aliphatic carbocycles. The van der Waals surface area contributed by atoms with E-state index < -0.39 is 7.59 Å². The monoisotopic (exact) mass is 310 g/mol. The molecule has 0 aliphatic heterocycles. The molecule has 0 N–H and O–H groups in total.